The van der Waals surface area contributed by atoms with Crippen LogP contribution in [0.25, 0.3) is 22.2 Å². The largest absolute Gasteiger partial charge is 0.378 e. The summed E-state index contributed by atoms with van der Waals surface area (Å²) in [7, 11) is 2.16. The third-order valence-corrected chi connectivity index (χ3v) is 5.25. The van der Waals surface area contributed by atoms with Gasteiger partial charge in [0.05, 0.1) is 17.4 Å². The third kappa shape index (κ3) is 4.24. The topological polar surface area (TPSA) is 93.1 Å². The Morgan fingerprint density at radius 1 is 1.24 bits per heavy atom. The molecule has 1 aliphatic rings. The van der Waals surface area contributed by atoms with Crippen molar-refractivity contribution in [3.8, 4) is 23.1 Å². The minimum atomic E-state index is -1.07. The standard InChI is InChI=1S/C22H26N6O/c1-22(2,29)8-4-15-12-17-18(19-5-9-24-21(23)26-19)14-28(20(17)13-25-15)16-6-10-27(3)11-7-16/h5,9,12-14,16,29H,6-7,10-11H2,1-3H3,(H2,23,24,26). The van der Waals surface area contributed by atoms with E-state index in [0.717, 1.165) is 48.1 Å². The zero-order valence-corrected chi connectivity index (χ0v) is 17.1. The molecule has 3 aromatic rings. The Morgan fingerprint density at radius 2 is 2.00 bits per heavy atom. The molecule has 4 heterocycles. The molecule has 0 amide bonds. The molecule has 29 heavy (non-hydrogen) atoms. The number of nitrogens with zero attached hydrogens (tertiary/aromatic N) is 5. The van der Waals surface area contributed by atoms with Gasteiger partial charge in [-0.15, -0.1) is 0 Å². The van der Waals surface area contributed by atoms with E-state index in [4.69, 9.17) is 5.73 Å². The van der Waals surface area contributed by atoms with Crippen molar-refractivity contribution in [2.45, 2.75) is 38.3 Å². The monoisotopic (exact) mass is 390 g/mol. The molecule has 0 aromatic carbocycles. The molecule has 7 heteroatoms. The Balaban J connectivity index is 1.85. The molecule has 1 fully saturated rings. The fraction of sp³-hybridized carbons (Fsp3) is 0.409. The molecule has 0 radical (unpaired) electrons. The molecule has 1 saturated heterocycles. The molecule has 0 bridgehead atoms. The number of hydrogen-bond acceptors (Lipinski definition) is 6. The average Bonchev–Trinajstić information content (AvgIpc) is 3.05. The van der Waals surface area contributed by atoms with Crippen LogP contribution >= 0.6 is 0 Å². The van der Waals surface area contributed by atoms with Gasteiger partial charge in [0, 0.05) is 29.4 Å². The van der Waals surface area contributed by atoms with E-state index in [9.17, 15) is 5.11 Å². The van der Waals surface area contributed by atoms with Crippen LogP contribution in [-0.2, 0) is 0 Å². The lowest BCUT2D eigenvalue weighted by atomic mass is 10.1. The number of rotatable bonds is 2. The van der Waals surface area contributed by atoms with Gasteiger partial charge in [0.2, 0.25) is 5.95 Å². The molecule has 0 saturated carbocycles. The summed E-state index contributed by atoms with van der Waals surface area (Å²) < 4.78 is 2.32. The second-order valence-electron chi connectivity index (χ2n) is 8.18. The fourth-order valence-electron chi connectivity index (χ4n) is 3.74. The maximum absolute atomic E-state index is 9.91. The quantitative estimate of drug-likeness (QED) is 0.653. The molecule has 150 valence electrons. The minimum absolute atomic E-state index is 0.249. The van der Waals surface area contributed by atoms with Gasteiger partial charge in [-0.25, -0.2) is 15.0 Å². The summed E-state index contributed by atoms with van der Waals surface area (Å²) in [6, 6.07) is 4.25. The van der Waals surface area contributed by atoms with E-state index in [1.54, 1.807) is 20.0 Å². The van der Waals surface area contributed by atoms with Crippen LogP contribution in [-0.4, -0.2) is 55.3 Å². The van der Waals surface area contributed by atoms with E-state index < -0.39 is 5.60 Å². The summed E-state index contributed by atoms with van der Waals surface area (Å²) in [5.41, 5.74) is 8.20. The van der Waals surface area contributed by atoms with Crippen molar-refractivity contribution >= 4 is 16.9 Å². The minimum Gasteiger partial charge on any atom is -0.378 e. The first-order chi connectivity index (χ1) is 13.8. The van der Waals surface area contributed by atoms with E-state index in [0.29, 0.717) is 11.7 Å². The smallest absolute Gasteiger partial charge is 0.220 e. The number of pyridine rings is 1. The van der Waals surface area contributed by atoms with Crippen molar-refractivity contribution in [3.63, 3.8) is 0 Å². The van der Waals surface area contributed by atoms with Gasteiger partial charge in [-0.1, -0.05) is 5.92 Å². The number of likely N-dealkylation sites (tertiary alicyclic amines) is 1. The maximum Gasteiger partial charge on any atom is 0.220 e. The summed E-state index contributed by atoms with van der Waals surface area (Å²) in [5, 5.41) is 10.9. The van der Waals surface area contributed by atoms with Gasteiger partial charge in [0.15, 0.2) is 0 Å². The van der Waals surface area contributed by atoms with Gasteiger partial charge >= 0.3 is 0 Å². The van der Waals surface area contributed by atoms with E-state index >= 15 is 0 Å². The van der Waals surface area contributed by atoms with E-state index in [2.05, 4.69) is 49.5 Å². The lowest BCUT2D eigenvalue weighted by molar-refractivity contribution is 0.143. The second kappa shape index (κ2) is 7.47. The Bertz CT molecular complexity index is 1090. The summed E-state index contributed by atoms with van der Waals surface area (Å²) in [6.07, 6.45) is 7.87. The number of hydrogen-bond donors (Lipinski definition) is 2. The number of nitrogen functional groups attached to an aromatic ring is 1. The molecule has 1 aliphatic heterocycles. The Kier molecular flexibility index (Phi) is 4.99. The van der Waals surface area contributed by atoms with Crippen molar-refractivity contribution in [1.82, 2.24) is 24.4 Å². The van der Waals surface area contributed by atoms with Crippen molar-refractivity contribution < 1.29 is 5.11 Å². The van der Waals surface area contributed by atoms with Crippen LogP contribution in [0.3, 0.4) is 0 Å². The van der Waals surface area contributed by atoms with E-state index in [1.165, 1.54) is 0 Å². The lowest BCUT2D eigenvalue weighted by Gasteiger charge is -2.30. The SMILES string of the molecule is CN1CCC(n2cc(-c3ccnc(N)n3)c3cc(C#CC(C)(C)O)ncc32)CC1. The number of anilines is 1. The molecule has 4 rings (SSSR count). The number of aromatic nitrogens is 4. The van der Waals surface area contributed by atoms with Crippen molar-refractivity contribution in [2.75, 3.05) is 25.9 Å². The van der Waals surface area contributed by atoms with Crippen LogP contribution in [0.2, 0.25) is 0 Å². The highest BCUT2D eigenvalue weighted by Crippen LogP contribution is 2.34. The zero-order valence-electron chi connectivity index (χ0n) is 17.1. The summed E-state index contributed by atoms with van der Waals surface area (Å²) in [5.74, 6) is 6.06. The Labute approximate surface area is 170 Å². The van der Waals surface area contributed by atoms with Crippen molar-refractivity contribution in [1.29, 1.82) is 0 Å². The Hall–Kier alpha value is -2.95. The zero-order chi connectivity index (χ0) is 20.6. The van der Waals surface area contributed by atoms with Crippen LogP contribution in [0.1, 0.15) is 38.4 Å². The molecule has 0 atom stereocenters. The molecular formula is C22H26N6O. The van der Waals surface area contributed by atoms with Gasteiger partial charge in [-0.05, 0) is 64.9 Å². The number of fused-ring (bicyclic) bond motifs is 1. The first-order valence-corrected chi connectivity index (χ1v) is 9.84. The fourth-order valence-corrected chi connectivity index (χ4v) is 3.74. The van der Waals surface area contributed by atoms with Crippen LogP contribution in [0.5, 0.6) is 0 Å². The molecule has 3 N–H and O–H groups in total. The van der Waals surface area contributed by atoms with E-state index in [-0.39, 0.29) is 5.95 Å². The first-order valence-electron chi connectivity index (χ1n) is 9.84. The predicted octanol–water partition coefficient (Wildman–Crippen LogP) is 2.46. The normalized spacial score (nSPS) is 16.0. The molecule has 0 unspecified atom stereocenters. The maximum atomic E-state index is 9.91. The van der Waals surface area contributed by atoms with Crippen LogP contribution in [0.4, 0.5) is 5.95 Å². The highest BCUT2D eigenvalue weighted by Gasteiger charge is 2.22. The molecule has 0 spiro atoms. The number of nitrogens with two attached hydrogens (primary N) is 1. The lowest BCUT2D eigenvalue weighted by Crippen LogP contribution is -2.31. The summed E-state index contributed by atoms with van der Waals surface area (Å²) in [6.45, 7) is 5.46. The summed E-state index contributed by atoms with van der Waals surface area (Å²) >= 11 is 0. The van der Waals surface area contributed by atoms with Gasteiger partial charge in [0.1, 0.15) is 11.3 Å². The number of piperidine rings is 1. The van der Waals surface area contributed by atoms with Gasteiger partial charge in [0.25, 0.3) is 0 Å². The van der Waals surface area contributed by atoms with Crippen molar-refractivity contribution in [3.05, 3.63) is 36.4 Å². The van der Waals surface area contributed by atoms with Crippen LogP contribution in [0, 0.1) is 11.8 Å². The van der Waals surface area contributed by atoms with Crippen LogP contribution < -0.4 is 5.73 Å². The third-order valence-electron chi connectivity index (χ3n) is 5.25. The van der Waals surface area contributed by atoms with Crippen molar-refractivity contribution in [2.24, 2.45) is 0 Å². The molecule has 3 aromatic heterocycles. The highest BCUT2D eigenvalue weighted by atomic mass is 16.3. The summed E-state index contributed by atoms with van der Waals surface area (Å²) in [4.78, 5) is 15.3. The van der Waals surface area contributed by atoms with Gasteiger partial charge in [-0.2, -0.15) is 0 Å². The van der Waals surface area contributed by atoms with E-state index in [1.807, 2.05) is 18.3 Å². The van der Waals surface area contributed by atoms with Crippen LogP contribution in [0.15, 0.2) is 30.7 Å². The second-order valence-corrected chi connectivity index (χ2v) is 8.18. The molecule has 7 nitrogen and oxygen atoms in total. The first kappa shape index (κ1) is 19.4. The predicted molar refractivity (Wildman–Crippen MR) is 114 cm³/mol. The Morgan fingerprint density at radius 3 is 2.69 bits per heavy atom. The van der Waals surface area contributed by atoms with Gasteiger partial charge < -0.3 is 20.3 Å². The number of aliphatic hydroxyl groups is 1. The molecule has 0 aliphatic carbocycles. The molecular weight excluding hydrogens is 364 g/mol. The van der Waals surface area contributed by atoms with Gasteiger partial charge in [-0.3, -0.25) is 0 Å². The highest BCUT2D eigenvalue weighted by molar-refractivity contribution is 5.95. The average molecular weight is 390 g/mol.